The monoisotopic (exact) mass is 338 g/mol. The Morgan fingerprint density at radius 1 is 1.28 bits per heavy atom. The molecule has 0 fully saturated rings. The number of rotatable bonds is 4. The number of carbonyl (C=O) groups is 2. The van der Waals surface area contributed by atoms with E-state index < -0.39 is 0 Å². The molecule has 0 saturated heterocycles. The Hall–Kier alpha value is -2.89. The number of amides is 3. The summed E-state index contributed by atoms with van der Waals surface area (Å²) in [4.78, 5) is 27.7. The molecule has 1 atom stereocenters. The second-order valence-electron chi connectivity index (χ2n) is 6.32. The molecule has 0 bridgehead atoms. The molecule has 0 radical (unpaired) electrons. The zero-order valence-electron chi connectivity index (χ0n) is 14.4. The summed E-state index contributed by atoms with van der Waals surface area (Å²) in [5.74, 6) is 0.0522. The lowest BCUT2D eigenvalue weighted by atomic mass is 9.98. The Labute approximate surface area is 147 Å². The van der Waals surface area contributed by atoms with E-state index in [1.807, 2.05) is 44.2 Å². The number of carbonyl (C=O) groups excluding carboxylic acids is 2. The fourth-order valence-electron chi connectivity index (χ4n) is 2.79. The molecule has 1 aromatic heterocycles. The van der Waals surface area contributed by atoms with Crippen LogP contribution in [0.4, 0.5) is 10.5 Å². The molecular weight excluding hydrogens is 316 g/mol. The normalized spacial score (nSPS) is 14.2. The van der Waals surface area contributed by atoms with Crippen molar-refractivity contribution in [2.24, 2.45) is 0 Å². The van der Waals surface area contributed by atoms with Crippen LogP contribution < -0.4 is 16.0 Å². The number of nitrogens with zero attached hydrogens (tertiary/aromatic N) is 1. The summed E-state index contributed by atoms with van der Waals surface area (Å²) in [6.45, 7) is 4.30. The first-order valence-corrected chi connectivity index (χ1v) is 8.40. The summed E-state index contributed by atoms with van der Waals surface area (Å²) < 4.78 is 0. The molecule has 0 saturated carbocycles. The van der Waals surface area contributed by atoms with Crippen molar-refractivity contribution in [1.82, 2.24) is 15.6 Å². The Balaban J connectivity index is 1.56. The van der Waals surface area contributed by atoms with Crippen molar-refractivity contribution < 1.29 is 9.59 Å². The van der Waals surface area contributed by atoms with Crippen molar-refractivity contribution in [2.45, 2.75) is 39.3 Å². The molecule has 0 spiro atoms. The third-order valence-corrected chi connectivity index (χ3v) is 4.30. The number of fused-ring (bicyclic) bond motifs is 1. The highest BCUT2D eigenvalue weighted by molar-refractivity contribution is 5.93. The van der Waals surface area contributed by atoms with Crippen molar-refractivity contribution in [3.8, 4) is 0 Å². The van der Waals surface area contributed by atoms with Gasteiger partial charge in [0.1, 0.15) is 0 Å². The maximum Gasteiger partial charge on any atom is 0.315 e. The number of benzene rings is 1. The highest BCUT2D eigenvalue weighted by Gasteiger charge is 2.17. The fraction of sp³-hybridized carbons (Fsp3) is 0.316. The Morgan fingerprint density at radius 3 is 2.88 bits per heavy atom. The Morgan fingerprint density at radius 2 is 2.12 bits per heavy atom. The molecule has 130 valence electrons. The van der Waals surface area contributed by atoms with Crippen LogP contribution in [0.2, 0.25) is 0 Å². The molecule has 1 aromatic carbocycles. The van der Waals surface area contributed by atoms with E-state index in [0.29, 0.717) is 13.0 Å². The van der Waals surface area contributed by atoms with Gasteiger partial charge in [-0.05, 0) is 49.1 Å². The van der Waals surface area contributed by atoms with Crippen molar-refractivity contribution in [2.75, 3.05) is 5.32 Å². The minimum Gasteiger partial charge on any atom is -0.334 e. The van der Waals surface area contributed by atoms with E-state index in [-0.39, 0.29) is 18.0 Å². The third kappa shape index (κ3) is 4.35. The summed E-state index contributed by atoms with van der Waals surface area (Å²) in [7, 11) is 0. The van der Waals surface area contributed by atoms with Gasteiger partial charge in [0.05, 0.1) is 6.04 Å². The van der Waals surface area contributed by atoms with Gasteiger partial charge in [-0.1, -0.05) is 18.2 Å². The van der Waals surface area contributed by atoms with Crippen molar-refractivity contribution >= 4 is 17.6 Å². The van der Waals surface area contributed by atoms with E-state index in [1.165, 1.54) is 0 Å². The highest BCUT2D eigenvalue weighted by Crippen LogP contribution is 2.26. The molecule has 1 aliphatic rings. The topological polar surface area (TPSA) is 83.1 Å². The van der Waals surface area contributed by atoms with Gasteiger partial charge in [0.25, 0.3) is 0 Å². The quantitative estimate of drug-likeness (QED) is 0.801. The first kappa shape index (κ1) is 17.0. The summed E-state index contributed by atoms with van der Waals surface area (Å²) in [6, 6.07) is 9.39. The molecule has 1 aliphatic heterocycles. The van der Waals surface area contributed by atoms with Gasteiger partial charge in [-0.2, -0.15) is 0 Å². The van der Waals surface area contributed by atoms with Crippen LogP contribution in [0, 0.1) is 6.92 Å². The summed E-state index contributed by atoms with van der Waals surface area (Å²) in [5.41, 5.74) is 4.89. The number of aromatic nitrogens is 1. The molecule has 3 rings (SSSR count). The van der Waals surface area contributed by atoms with Crippen LogP contribution in [-0.4, -0.2) is 16.9 Å². The van der Waals surface area contributed by atoms with E-state index in [1.54, 1.807) is 6.20 Å². The van der Waals surface area contributed by atoms with Crippen LogP contribution in [0.15, 0.2) is 36.5 Å². The Kier molecular flexibility index (Phi) is 4.97. The van der Waals surface area contributed by atoms with E-state index in [4.69, 9.17) is 0 Å². The van der Waals surface area contributed by atoms with Crippen LogP contribution in [0.25, 0.3) is 0 Å². The van der Waals surface area contributed by atoms with Gasteiger partial charge >= 0.3 is 6.03 Å². The van der Waals surface area contributed by atoms with E-state index in [2.05, 4.69) is 20.9 Å². The van der Waals surface area contributed by atoms with E-state index in [9.17, 15) is 9.59 Å². The lowest BCUT2D eigenvalue weighted by Gasteiger charge is -2.20. The minimum atomic E-state index is -0.223. The fourth-order valence-corrected chi connectivity index (χ4v) is 2.79. The van der Waals surface area contributed by atoms with Gasteiger partial charge in [-0.15, -0.1) is 0 Å². The maximum absolute atomic E-state index is 12.1. The predicted octanol–water partition coefficient (Wildman–Crippen LogP) is 2.84. The average molecular weight is 338 g/mol. The first-order chi connectivity index (χ1) is 12.0. The molecule has 0 aliphatic carbocycles. The average Bonchev–Trinajstić information content (AvgIpc) is 2.60. The Bertz CT molecular complexity index is 787. The molecule has 6 nitrogen and oxygen atoms in total. The number of pyridine rings is 1. The largest absolute Gasteiger partial charge is 0.334 e. The minimum absolute atomic E-state index is 0.0522. The molecule has 3 N–H and O–H groups in total. The summed E-state index contributed by atoms with van der Waals surface area (Å²) >= 11 is 0. The zero-order chi connectivity index (χ0) is 17.8. The molecule has 3 amide bonds. The van der Waals surface area contributed by atoms with Gasteiger partial charge in [0.2, 0.25) is 5.91 Å². The lowest BCUT2D eigenvalue weighted by molar-refractivity contribution is -0.116. The van der Waals surface area contributed by atoms with Crippen molar-refractivity contribution in [3.05, 3.63) is 58.9 Å². The van der Waals surface area contributed by atoms with E-state index in [0.717, 1.165) is 34.5 Å². The highest BCUT2D eigenvalue weighted by atomic mass is 16.2. The number of nitrogens with one attached hydrogen (secondary N) is 3. The van der Waals surface area contributed by atoms with Gasteiger partial charge in [-0.3, -0.25) is 9.78 Å². The third-order valence-electron chi connectivity index (χ3n) is 4.30. The van der Waals surface area contributed by atoms with Crippen molar-refractivity contribution in [3.63, 3.8) is 0 Å². The molecular formula is C19H22N4O2. The summed E-state index contributed by atoms with van der Waals surface area (Å²) in [6.07, 6.45) is 2.99. The van der Waals surface area contributed by atoms with Crippen LogP contribution in [0.3, 0.4) is 0 Å². The SMILES string of the molecule is Cc1ccc(CNC(=O)NC(C)c2ccc3c(c2)CCC(=O)N3)cn1. The predicted molar refractivity (Wildman–Crippen MR) is 96.2 cm³/mol. The summed E-state index contributed by atoms with van der Waals surface area (Å²) in [5, 5.41) is 8.64. The van der Waals surface area contributed by atoms with Crippen LogP contribution in [0.5, 0.6) is 0 Å². The number of anilines is 1. The number of aryl methyl sites for hydroxylation is 2. The van der Waals surface area contributed by atoms with Gasteiger partial charge in [0, 0.05) is 30.5 Å². The van der Waals surface area contributed by atoms with Crippen LogP contribution in [-0.2, 0) is 17.8 Å². The molecule has 2 aromatic rings. The zero-order valence-corrected chi connectivity index (χ0v) is 14.4. The smallest absolute Gasteiger partial charge is 0.315 e. The number of hydrogen-bond acceptors (Lipinski definition) is 3. The molecule has 25 heavy (non-hydrogen) atoms. The molecule has 1 unspecified atom stereocenters. The molecule has 6 heteroatoms. The standard InChI is InChI=1S/C19H22N4O2/c1-12-3-4-14(10-20-12)11-21-19(25)22-13(2)15-5-7-17-16(9-15)6-8-18(24)23-17/h3-5,7,9-10,13H,6,8,11H2,1-2H3,(H,23,24)(H2,21,22,25). The second kappa shape index (κ2) is 7.34. The van der Waals surface area contributed by atoms with Gasteiger partial charge in [-0.25, -0.2) is 4.79 Å². The van der Waals surface area contributed by atoms with Crippen LogP contribution >= 0.6 is 0 Å². The number of urea groups is 1. The molecule has 2 heterocycles. The van der Waals surface area contributed by atoms with Crippen molar-refractivity contribution in [1.29, 1.82) is 0 Å². The number of hydrogen-bond donors (Lipinski definition) is 3. The first-order valence-electron chi connectivity index (χ1n) is 8.40. The van der Waals surface area contributed by atoms with Crippen LogP contribution in [0.1, 0.15) is 41.8 Å². The second-order valence-corrected chi connectivity index (χ2v) is 6.32. The van der Waals surface area contributed by atoms with Gasteiger partial charge < -0.3 is 16.0 Å². The maximum atomic E-state index is 12.1. The van der Waals surface area contributed by atoms with E-state index >= 15 is 0 Å². The van der Waals surface area contributed by atoms with Gasteiger partial charge in [0.15, 0.2) is 0 Å². The lowest BCUT2D eigenvalue weighted by Crippen LogP contribution is -2.36.